The summed E-state index contributed by atoms with van der Waals surface area (Å²) < 4.78 is 16.8. The van der Waals surface area contributed by atoms with E-state index in [1.807, 2.05) is 26.0 Å². The second-order valence-electron chi connectivity index (χ2n) is 6.72. The number of fused-ring (bicyclic) bond motifs is 1. The Bertz CT molecular complexity index is 864. The van der Waals surface area contributed by atoms with Crippen LogP contribution in [0.3, 0.4) is 0 Å². The van der Waals surface area contributed by atoms with E-state index >= 15 is 0 Å². The molecule has 138 valence electrons. The van der Waals surface area contributed by atoms with E-state index in [1.165, 1.54) is 0 Å². The SMILES string of the molecule is CCOc1cc2c(cc1CN1CC[C@@H](c3cc(=O)[nH]c(C)n3)C1)OCO2. The van der Waals surface area contributed by atoms with Gasteiger partial charge in [0.05, 0.1) is 12.3 Å². The maximum Gasteiger partial charge on any atom is 0.251 e. The van der Waals surface area contributed by atoms with Gasteiger partial charge in [-0.3, -0.25) is 9.69 Å². The number of likely N-dealkylation sites (tertiary alicyclic amines) is 1. The Hall–Kier alpha value is -2.54. The van der Waals surface area contributed by atoms with Gasteiger partial charge in [0.1, 0.15) is 11.6 Å². The van der Waals surface area contributed by atoms with Crippen LogP contribution in [-0.2, 0) is 6.54 Å². The van der Waals surface area contributed by atoms with Crippen molar-refractivity contribution in [1.82, 2.24) is 14.9 Å². The Morgan fingerprint density at radius 1 is 1.31 bits per heavy atom. The summed E-state index contributed by atoms with van der Waals surface area (Å²) in [5, 5.41) is 0. The highest BCUT2D eigenvalue weighted by atomic mass is 16.7. The quantitative estimate of drug-likeness (QED) is 0.884. The first-order valence-electron chi connectivity index (χ1n) is 8.98. The van der Waals surface area contributed by atoms with Crippen LogP contribution in [0.25, 0.3) is 0 Å². The van der Waals surface area contributed by atoms with Crippen LogP contribution in [0.15, 0.2) is 23.0 Å². The molecule has 26 heavy (non-hydrogen) atoms. The molecule has 7 heteroatoms. The Kier molecular flexibility index (Phi) is 4.55. The van der Waals surface area contributed by atoms with Crippen molar-refractivity contribution < 1.29 is 14.2 Å². The highest BCUT2D eigenvalue weighted by Gasteiger charge is 2.27. The number of nitrogens with one attached hydrogen (secondary N) is 1. The highest BCUT2D eigenvalue weighted by molar-refractivity contribution is 5.51. The molecule has 1 aromatic carbocycles. The number of ether oxygens (including phenoxy) is 3. The summed E-state index contributed by atoms with van der Waals surface area (Å²) in [6.07, 6.45) is 0.990. The average Bonchev–Trinajstić information content (AvgIpc) is 3.23. The molecule has 7 nitrogen and oxygen atoms in total. The van der Waals surface area contributed by atoms with Crippen molar-refractivity contribution in [3.05, 3.63) is 45.6 Å². The third-order valence-corrected chi connectivity index (χ3v) is 4.82. The minimum Gasteiger partial charge on any atom is -0.493 e. The maximum absolute atomic E-state index is 11.7. The van der Waals surface area contributed by atoms with Gasteiger partial charge in [0.25, 0.3) is 5.56 Å². The normalized spacial score (nSPS) is 19.1. The lowest BCUT2D eigenvalue weighted by atomic mass is 10.0. The molecular weight excluding hydrogens is 334 g/mol. The second kappa shape index (κ2) is 6.99. The molecule has 0 saturated carbocycles. The zero-order chi connectivity index (χ0) is 18.1. The molecule has 1 N–H and O–H groups in total. The number of aryl methyl sites for hydroxylation is 1. The molecule has 2 aliphatic rings. The minimum absolute atomic E-state index is 0.0830. The molecule has 0 bridgehead atoms. The molecule has 0 radical (unpaired) electrons. The molecule has 1 atom stereocenters. The molecule has 0 amide bonds. The van der Waals surface area contributed by atoms with Gasteiger partial charge in [0, 0.05) is 36.7 Å². The fourth-order valence-electron chi connectivity index (χ4n) is 3.65. The lowest BCUT2D eigenvalue weighted by Crippen LogP contribution is -2.21. The topological polar surface area (TPSA) is 76.7 Å². The van der Waals surface area contributed by atoms with Crippen LogP contribution in [0.4, 0.5) is 0 Å². The number of hydrogen-bond acceptors (Lipinski definition) is 6. The van der Waals surface area contributed by atoms with E-state index in [1.54, 1.807) is 6.07 Å². The maximum atomic E-state index is 11.7. The lowest BCUT2D eigenvalue weighted by Gasteiger charge is -2.19. The van der Waals surface area contributed by atoms with Crippen LogP contribution in [0.5, 0.6) is 17.2 Å². The van der Waals surface area contributed by atoms with Gasteiger partial charge in [0.15, 0.2) is 11.5 Å². The van der Waals surface area contributed by atoms with Crippen molar-refractivity contribution in [2.45, 2.75) is 32.7 Å². The van der Waals surface area contributed by atoms with Gasteiger partial charge in [0.2, 0.25) is 6.79 Å². The molecule has 1 saturated heterocycles. The smallest absolute Gasteiger partial charge is 0.251 e. The second-order valence-corrected chi connectivity index (χ2v) is 6.72. The number of hydrogen-bond donors (Lipinski definition) is 1. The Morgan fingerprint density at radius 3 is 2.88 bits per heavy atom. The Labute approximate surface area is 151 Å². The molecule has 0 aliphatic carbocycles. The highest BCUT2D eigenvalue weighted by Crippen LogP contribution is 2.39. The van der Waals surface area contributed by atoms with Gasteiger partial charge in [-0.05, 0) is 32.9 Å². The molecule has 3 heterocycles. The minimum atomic E-state index is -0.0830. The average molecular weight is 357 g/mol. The van der Waals surface area contributed by atoms with E-state index in [0.29, 0.717) is 12.4 Å². The van der Waals surface area contributed by atoms with E-state index < -0.39 is 0 Å². The molecule has 1 fully saturated rings. The van der Waals surface area contributed by atoms with Crippen molar-refractivity contribution in [2.75, 3.05) is 26.5 Å². The van der Waals surface area contributed by atoms with Crippen molar-refractivity contribution in [3.8, 4) is 17.2 Å². The van der Waals surface area contributed by atoms with E-state index in [9.17, 15) is 4.79 Å². The summed E-state index contributed by atoms with van der Waals surface area (Å²) in [7, 11) is 0. The van der Waals surface area contributed by atoms with Crippen LogP contribution in [0.1, 0.15) is 36.3 Å². The van der Waals surface area contributed by atoms with E-state index in [-0.39, 0.29) is 18.3 Å². The molecule has 2 aromatic rings. The predicted molar refractivity (Wildman–Crippen MR) is 96.0 cm³/mol. The van der Waals surface area contributed by atoms with E-state index in [4.69, 9.17) is 14.2 Å². The molecule has 0 unspecified atom stereocenters. The number of nitrogens with zero attached hydrogens (tertiary/aromatic N) is 2. The summed E-state index contributed by atoms with van der Waals surface area (Å²) in [4.78, 5) is 21.3. The van der Waals surface area contributed by atoms with Gasteiger partial charge < -0.3 is 19.2 Å². The van der Waals surface area contributed by atoms with Gasteiger partial charge in [-0.2, -0.15) is 0 Å². The predicted octanol–water partition coefficient (Wildman–Crippen LogP) is 2.20. The fraction of sp³-hybridized carbons (Fsp3) is 0.474. The zero-order valence-electron chi connectivity index (χ0n) is 15.1. The third kappa shape index (κ3) is 3.39. The van der Waals surface area contributed by atoms with E-state index in [2.05, 4.69) is 14.9 Å². The van der Waals surface area contributed by atoms with Crippen molar-refractivity contribution in [3.63, 3.8) is 0 Å². The Balaban J connectivity index is 1.51. The number of aromatic amines is 1. The summed E-state index contributed by atoms with van der Waals surface area (Å²) in [6, 6.07) is 5.54. The summed E-state index contributed by atoms with van der Waals surface area (Å²) in [6.45, 7) is 7.24. The van der Waals surface area contributed by atoms with Crippen LogP contribution in [-0.4, -0.2) is 41.4 Å². The Morgan fingerprint density at radius 2 is 2.12 bits per heavy atom. The summed E-state index contributed by atoms with van der Waals surface area (Å²) >= 11 is 0. The molecule has 0 spiro atoms. The molecule has 4 rings (SSSR count). The van der Waals surface area contributed by atoms with Crippen LogP contribution < -0.4 is 19.8 Å². The number of benzene rings is 1. The third-order valence-electron chi connectivity index (χ3n) is 4.82. The lowest BCUT2D eigenvalue weighted by molar-refractivity contribution is 0.173. The van der Waals surface area contributed by atoms with Crippen molar-refractivity contribution in [1.29, 1.82) is 0 Å². The van der Waals surface area contributed by atoms with Gasteiger partial charge in [-0.1, -0.05) is 0 Å². The first-order chi connectivity index (χ1) is 12.6. The van der Waals surface area contributed by atoms with Crippen molar-refractivity contribution in [2.24, 2.45) is 0 Å². The van der Waals surface area contributed by atoms with Crippen molar-refractivity contribution >= 4 is 0 Å². The van der Waals surface area contributed by atoms with Crippen LogP contribution in [0.2, 0.25) is 0 Å². The largest absolute Gasteiger partial charge is 0.493 e. The fourth-order valence-corrected chi connectivity index (χ4v) is 3.65. The first kappa shape index (κ1) is 16.9. The summed E-state index contributed by atoms with van der Waals surface area (Å²) in [5.74, 6) is 3.29. The molecule has 1 aromatic heterocycles. The molecule has 2 aliphatic heterocycles. The monoisotopic (exact) mass is 357 g/mol. The first-order valence-corrected chi connectivity index (χ1v) is 8.98. The van der Waals surface area contributed by atoms with Gasteiger partial charge >= 0.3 is 0 Å². The van der Waals surface area contributed by atoms with Crippen LogP contribution >= 0.6 is 0 Å². The van der Waals surface area contributed by atoms with Crippen LogP contribution in [0, 0.1) is 6.92 Å². The zero-order valence-corrected chi connectivity index (χ0v) is 15.1. The van der Waals surface area contributed by atoms with E-state index in [0.717, 1.165) is 54.6 Å². The standard InChI is InChI=1S/C19H23N3O4/c1-3-24-16-8-18-17(25-11-26-18)6-14(16)10-22-5-4-13(9-22)15-7-19(23)21-12(2)20-15/h6-8,13H,3-5,9-11H2,1-2H3,(H,20,21,23)/t13-/m1/s1. The number of H-pyrrole nitrogens is 1. The summed E-state index contributed by atoms with van der Waals surface area (Å²) in [5.41, 5.74) is 1.89. The number of rotatable bonds is 5. The number of aromatic nitrogens is 2. The van der Waals surface area contributed by atoms with Gasteiger partial charge in [-0.25, -0.2) is 4.98 Å². The van der Waals surface area contributed by atoms with Gasteiger partial charge in [-0.15, -0.1) is 0 Å². The molecular formula is C19H23N3O4.